The molecule has 17 heavy (non-hydrogen) atoms. The summed E-state index contributed by atoms with van der Waals surface area (Å²) >= 11 is 0. The highest BCUT2D eigenvalue weighted by molar-refractivity contribution is 5.68. The standard InChI is InChI=1S/C14H21NO2/c1-12(13-8-4-3-5-9-13)15-11-7-6-10-14(16)17-2/h3-5,8-9,12,15H,6-7,10-11H2,1-2H3/t12-/m1/s1. The summed E-state index contributed by atoms with van der Waals surface area (Å²) in [5.74, 6) is -0.124. The van der Waals surface area contributed by atoms with Gasteiger partial charge in [-0.1, -0.05) is 30.3 Å². The van der Waals surface area contributed by atoms with Gasteiger partial charge in [0, 0.05) is 12.5 Å². The van der Waals surface area contributed by atoms with Gasteiger partial charge in [0.05, 0.1) is 7.11 Å². The Kier molecular flexibility index (Phi) is 6.33. The summed E-state index contributed by atoms with van der Waals surface area (Å²) in [6.07, 6.45) is 2.38. The van der Waals surface area contributed by atoms with Crippen molar-refractivity contribution in [3.8, 4) is 0 Å². The van der Waals surface area contributed by atoms with Crippen LogP contribution in [0.15, 0.2) is 30.3 Å². The van der Waals surface area contributed by atoms with Crippen LogP contribution in [0.3, 0.4) is 0 Å². The van der Waals surface area contributed by atoms with E-state index >= 15 is 0 Å². The first-order valence-electron chi connectivity index (χ1n) is 6.09. The second-order valence-corrected chi connectivity index (χ2v) is 4.12. The third kappa shape index (κ3) is 5.50. The fourth-order valence-corrected chi connectivity index (χ4v) is 1.67. The number of unbranched alkanes of at least 4 members (excludes halogenated alkanes) is 1. The molecule has 0 aliphatic rings. The maximum atomic E-state index is 10.9. The first kappa shape index (κ1) is 13.7. The Bertz CT molecular complexity index is 324. The van der Waals surface area contributed by atoms with Crippen molar-refractivity contribution < 1.29 is 9.53 Å². The number of benzene rings is 1. The average Bonchev–Trinajstić information content (AvgIpc) is 2.38. The van der Waals surface area contributed by atoms with Gasteiger partial charge >= 0.3 is 5.97 Å². The fourth-order valence-electron chi connectivity index (χ4n) is 1.67. The highest BCUT2D eigenvalue weighted by Crippen LogP contribution is 2.10. The first-order valence-corrected chi connectivity index (χ1v) is 6.09. The summed E-state index contributed by atoms with van der Waals surface area (Å²) in [6, 6.07) is 10.7. The van der Waals surface area contributed by atoms with E-state index in [9.17, 15) is 4.79 Å². The molecule has 0 saturated carbocycles. The van der Waals surface area contributed by atoms with Gasteiger partial charge in [-0.2, -0.15) is 0 Å². The predicted molar refractivity (Wildman–Crippen MR) is 68.7 cm³/mol. The zero-order chi connectivity index (χ0) is 12.5. The SMILES string of the molecule is COC(=O)CCCCN[C@H](C)c1ccccc1. The Balaban J connectivity index is 2.13. The van der Waals surface area contributed by atoms with Crippen LogP contribution in [0.5, 0.6) is 0 Å². The van der Waals surface area contributed by atoms with Gasteiger partial charge in [0.1, 0.15) is 0 Å². The van der Waals surface area contributed by atoms with Gasteiger partial charge in [0.15, 0.2) is 0 Å². The van der Waals surface area contributed by atoms with Crippen molar-refractivity contribution in [1.29, 1.82) is 0 Å². The van der Waals surface area contributed by atoms with Crippen LogP contribution in [0.2, 0.25) is 0 Å². The van der Waals surface area contributed by atoms with Crippen LogP contribution >= 0.6 is 0 Å². The summed E-state index contributed by atoms with van der Waals surface area (Å²) in [7, 11) is 1.43. The fraction of sp³-hybridized carbons (Fsp3) is 0.500. The molecule has 0 aliphatic carbocycles. The first-order chi connectivity index (χ1) is 8.24. The number of hydrogen-bond acceptors (Lipinski definition) is 3. The van der Waals surface area contributed by atoms with Gasteiger partial charge in [-0.15, -0.1) is 0 Å². The Morgan fingerprint density at radius 3 is 2.65 bits per heavy atom. The van der Waals surface area contributed by atoms with Crippen LogP contribution in [0, 0.1) is 0 Å². The molecule has 3 nitrogen and oxygen atoms in total. The number of carbonyl (C=O) groups excluding carboxylic acids is 1. The van der Waals surface area contributed by atoms with Gasteiger partial charge in [-0.3, -0.25) is 4.79 Å². The number of ether oxygens (including phenoxy) is 1. The molecule has 1 atom stereocenters. The molecule has 1 N–H and O–H groups in total. The molecule has 0 heterocycles. The van der Waals surface area contributed by atoms with E-state index in [0.717, 1.165) is 19.4 Å². The molecule has 0 spiro atoms. The van der Waals surface area contributed by atoms with Crippen LogP contribution < -0.4 is 5.32 Å². The van der Waals surface area contributed by atoms with E-state index in [1.54, 1.807) is 0 Å². The molecule has 0 unspecified atom stereocenters. The summed E-state index contributed by atoms with van der Waals surface area (Å²) < 4.78 is 4.59. The van der Waals surface area contributed by atoms with Crippen molar-refractivity contribution in [3.05, 3.63) is 35.9 Å². The normalized spacial score (nSPS) is 12.1. The Labute approximate surface area is 103 Å². The third-order valence-electron chi connectivity index (χ3n) is 2.79. The van der Waals surface area contributed by atoms with Crippen LogP contribution in [0.25, 0.3) is 0 Å². The minimum absolute atomic E-state index is 0.124. The van der Waals surface area contributed by atoms with Crippen molar-refractivity contribution in [2.75, 3.05) is 13.7 Å². The number of rotatable bonds is 7. The number of carbonyl (C=O) groups is 1. The summed E-state index contributed by atoms with van der Waals surface area (Å²) in [5, 5.41) is 3.44. The Morgan fingerprint density at radius 1 is 1.29 bits per heavy atom. The van der Waals surface area contributed by atoms with Gasteiger partial charge in [0.2, 0.25) is 0 Å². The zero-order valence-corrected chi connectivity index (χ0v) is 10.6. The smallest absolute Gasteiger partial charge is 0.305 e. The van der Waals surface area contributed by atoms with Crippen LogP contribution in [0.4, 0.5) is 0 Å². The van der Waals surface area contributed by atoms with E-state index in [0.29, 0.717) is 12.5 Å². The molecule has 1 aromatic carbocycles. The third-order valence-corrected chi connectivity index (χ3v) is 2.79. The van der Waals surface area contributed by atoms with E-state index in [1.807, 2.05) is 18.2 Å². The van der Waals surface area contributed by atoms with Gasteiger partial charge < -0.3 is 10.1 Å². The molecule has 1 aromatic rings. The number of methoxy groups -OCH3 is 1. The van der Waals surface area contributed by atoms with Crippen molar-refractivity contribution in [2.45, 2.75) is 32.2 Å². The van der Waals surface area contributed by atoms with Crippen molar-refractivity contribution in [3.63, 3.8) is 0 Å². The molecule has 0 fully saturated rings. The molecular weight excluding hydrogens is 214 g/mol. The van der Waals surface area contributed by atoms with E-state index in [4.69, 9.17) is 0 Å². The van der Waals surface area contributed by atoms with Crippen molar-refractivity contribution in [1.82, 2.24) is 5.32 Å². The van der Waals surface area contributed by atoms with Crippen LogP contribution in [-0.2, 0) is 9.53 Å². The quantitative estimate of drug-likeness (QED) is 0.583. The molecule has 0 aliphatic heterocycles. The summed E-state index contributed by atoms with van der Waals surface area (Å²) in [4.78, 5) is 10.9. The van der Waals surface area contributed by atoms with Crippen molar-refractivity contribution in [2.24, 2.45) is 0 Å². The highest BCUT2D eigenvalue weighted by atomic mass is 16.5. The largest absolute Gasteiger partial charge is 0.469 e. The molecular formula is C14H21NO2. The molecule has 0 bridgehead atoms. The van der Waals surface area contributed by atoms with Crippen molar-refractivity contribution >= 4 is 5.97 Å². The Morgan fingerprint density at radius 2 is 2.00 bits per heavy atom. The maximum absolute atomic E-state index is 10.9. The monoisotopic (exact) mass is 235 g/mol. The minimum atomic E-state index is -0.124. The lowest BCUT2D eigenvalue weighted by Crippen LogP contribution is -2.19. The van der Waals surface area contributed by atoms with Gasteiger partial charge in [-0.05, 0) is 31.9 Å². The second-order valence-electron chi connectivity index (χ2n) is 4.12. The average molecular weight is 235 g/mol. The second kappa shape index (κ2) is 7.85. The zero-order valence-electron chi connectivity index (χ0n) is 10.6. The lowest BCUT2D eigenvalue weighted by molar-refractivity contribution is -0.140. The van der Waals surface area contributed by atoms with Gasteiger partial charge in [-0.25, -0.2) is 0 Å². The van der Waals surface area contributed by atoms with E-state index < -0.39 is 0 Å². The Hall–Kier alpha value is -1.35. The van der Waals surface area contributed by atoms with Crippen LogP contribution in [0.1, 0.15) is 37.8 Å². The van der Waals surface area contributed by atoms with E-state index in [-0.39, 0.29) is 5.97 Å². The van der Waals surface area contributed by atoms with E-state index in [1.165, 1.54) is 12.7 Å². The summed E-state index contributed by atoms with van der Waals surface area (Å²) in [5.41, 5.74) is 1.29. The predicted octanol–water partition coefficient (Wildman–Crippen LogP) is 2.68. The van der Waals surface area contributed by atoms with Crippen LogP contribution in [-0.4, -0.2) is 19.6 Å². The molecule has 0 saturated heterocycles. The number of esters is 1. The molecule has 1 rings (SSSR count). The maximum Gasteiger partial charge on any atom is 0.305 e. The lowest BCUT2D eigenvalue weighted by atomic mass is 10.1. The molecule has 0 amide bonds. The topological polar surface area (TPSA) is 38.3 Å². The van der Waals surface area contributed by atoms with Gasteiger partial charge in [0.25, 0.3) is 0 Å². The molecule has 0 radical (unpaired) electrons. The minimum Gasteiger partial charge on any atom is -0.469 e. The molecule has 0 aromatic heterocycles. The molecule has 3 heteroatoms. The highest BCUT2D eigenvalue weighted by Gasteiger charge is 2.03. The van der Waals surface area contributed by atoms with E-state index in [2.05, 4.69) is 29.1 Å². The number of hydrogen-bond donors (Lipinski definition) is 1. The molecule has 94 valence electrons. The lowest BCUT2D eigenvalue weighted by Gasteiger charge is -2.13. The number of nitrogens with one attached hydrogen (secondary N) is 1. The summed E-state index contributed by atoms with van der Waals surface area (Å²) in [6.45, 7) is 3.07.